The van der Waals surface area contributed by atoms with Crippen molar-refractivity contribution in [1.29, 1.82) is 0 Å². The molecule has 86 valence electrons. The van der Waals surface area contributed by atoms with Crippen LogP contribution in [0.3, 0.4) is 0 Å². The van der Waals surface area contributed by atoms with Crippen LogP contribution in [0.4, 0.5) is 0 Å². The summed E-state index contributed by atoms with van der Waals surface area (Å²) in [6, 6.07) is 7.77. The summed E-state index contributed by atoms with van der Waals surface area (Å²) in [5.74, 6) is 0.588. The van der Waals surface area contributed by atoms with E-state index in [0.717, 1.165) is 11.1 Å². The predicted molar refractivity (Wildman–Crippen MR) is 64.2 cm³/mol. The first kappa shape index (κ1) is 11.1. The summed E-state index contributed by atoms with van der Waals surface area (Å²) in [7, 11) is 0. The number of nitrogens with one attached hydrogen (secondary N) is 1. The van der Waals surface area contributed by atoms with Gasteiger partial charge >= 0.3 is 0 Å². The molecule has 3 heteroatoms. The zero-order valence-electron chi connectivity index (χ0n) is 9.57. The highest BCUT2D eigenvalue weighted by atomic mass is 16.1. The average molecular weight is 218 g/mol. The van der Waals surface area contributed by atoms with E-state index >= 15 is 0 Å². The van der Waals surface area contributed by atoms with Crippen molar-refractivity contribution in [3.63, 3.8) is 0 Å². The second-order valence-corrected chi connectivity index (χ2v) is 4.52. The molecule has 0 aliphatic heterocycles. The van der Waals surface area contributed by atoms with Crippen molar-refractivity contribution in [2.24, 2.45) is 11.7 Å². The lowest BCUT2D eigenvalue weighted by molar-refractivity contribution is 0.0933. The molecule has 1 unspecified atom stereocenters. The van der Waals surface area contributed by atoms with Crippen LogP contribution in [0.2, 0.25) is 0 Å². The van der Waals surface area contributed by atoms with Crippen LogP contribution in [0.15, 0.2) is 24.3 Å². The quantitative estimate of drug-likeness (QED) is 0.804. The van der Waals surface area contributed by atoms with E-state index in [-0.39, 0.29) is 11.9 Å². The van der Waals surface area contributed by atoms with Crippen molar-refractivity contribution < 1.29 is 4.79 Å². The molecule has 3 N–H and O–H groups in total. The SMILES string of the molecule is Cc1cccc(C(=O)NC(CN)C2CC2)c1. The molecule has 2 rings (SSSR count). The largest absolute Gasteiger partial charge is 0.348 e. The highest BCUT2D eigenvalue weighted by Gasteiger charge is 2.31. The maximum Gasteiger partial charge on any atom is 0.251 e. The standard InChI is InChI=1S/C13H18N2O/c1-9-3-2-4-11(7-9)13(16)15-12(8-14)10-5-6-10/h2-4,7,10,12H,5-6,8,14H2,1H3,(H,15,16). The van der Waals surface area contributed by atoms with E-state index in [4.69, 9.17) is 5.73 Å². The molecule has 0 aromatic heterocycles. The summed E-state index contributed by atoms with van der Waals surface area (Å²) in [5.41, 5.74) is 7.48. The average Bonchev–Trinajstić information content (AvgIpc) is 3.09. The molecule has 1 aliphatic rings. The van der Waals surface area contributed by atoms with Crippen molar-refractivity contribution in [2.45, 2.75) is 25.8 Å². The van der Waals surface area contributed by atoms with Gasteiger partial charge in [0, 0.05) is 18.2 Å². The Kier molecular flexibility index (Phi) is 3.25. The number of hydrogen-bond acceptors (Lipinski definition) is 2. The number of carbonyl (C=O) groups is 1. The maximum absolute atomic E-state index is 11.9. The van der Waals surface area contributed by atoms with Crippen molar-refractivity contribution in [3.8, 4) is 0 Å². The molecule has 0 bridgehead atoms. The van der Waals surface area contributed by atoms with Gasteiger partial charge in [-0.1, -0.05) is 17.7 Å². The Bertz CT molecular complexity index is 385. The number of rotatable bonds is 4. The van der Waals surface area contributed by atoms with Crippen LogP contribution >= 0.6 is 0 Å². The third-order valence-electron chi connectivity index (χ3n) is 3.04. The molecule has 1 amide bonds. The topological polar surface area (TPSA) is 55.1 Å². The summed E-state index contributed by atoms with van der Waals surface area (Å²) in [4.78, 5) is 11.9. The normalized spacial score (nSPS) is 16.9. The number of aryl methyl sites for hydroxylation is 1. The molecule has 1 atom stereocenters. The second kappa shape index (κ2) is 4.66. The molecule has 1 aromatic rings. The van der Waals surface area contributed by atoms with E-state index in [1.165, 1.54) is 12.8 Å². The molecule has 1 aliphatic carbocycles. The summed E-state index contributed by atoms with van der Waals surface area (Å²) in [5, 5.41) is 3.01. The smallest absolute Gasteiger partial charge is 0.251 e. The number of hydrogen-bond donors (Lipinski definition) is 2. The summed E-state index contributed by atoms with van der Waals surface area (Å²) in [6.07, 6.45) is 2.38. The van der Waals surface area contributed by atoms with Gasteiger partial charge in [-0.3, -0.25) is 4.79 Å². The summed E-state index contributed by atoms with van der Waals surface area (Å²) >= 11 is 0. The first-order valence-corrected chi connectivity index (χ1v) is 5.78. The first-order valence-electron chi connectivity index (χ1n) is 5.78. The van der Waals surface area contributed by atoms with Crippen LogP contribution in [-0.4, -0.2) is 18.5 Å². The van der Waals surface area contributed by atoms with Crippen LogP contribution in [-0.2, 0) is 0 Å². The molecule has 0 heterocycles. The maximum atomic E-state index is 11.9. The summed E-state index contributed by atoms with van der Waals surface area (Å²) < 4.78 is 0. The van der Waals surface area contributed by atoms with Crippen molar-refractivity contribution >= 4 is 5.91 Å². The molecular weight excluding hydrogens is 200 g/mol. The molecule has 0 radical (unpaired) electrons. The minimum absolute atomic E-state index is 0.00829. The van der Waals surface area contributed by atoms with Gasteiger partial charge in [-0.05, 0) is 37.8 Å². The van der Waals surface area contributed by atoms with E-state index in [1.807, 2.05) is 31.2 Å². The monoisotopic (exact) mass is 218 g/mol. The highest BCUT2D eigenvalue weighted by Crippen LogP contribution is 2.32. The van der Waals surface area contributed by atoms with Gasteiger partial charge < -0.3 is 11.1 Å². The van der Waals surface area contributed by atoms with Crippen LogP contribution < -0.4 is 11.1 Å². The number of carbonyl (C=O) groups excluding carboxylic acids is 1. The van der Waals surface area contributed by atoms with Gasteiger partial charge in [-0.15, -0.1) is 0 Å². The Labute approximate surface area is 96.0 Å². The Morgan fingerprint density at radius 3 is 2.88 bits per heavy atom. The van der Waals surface area contributed by atoms with E-state index in [1.54, 1.807) is 0 Å². The lowest BCUT2D eigenvalue weighted by Gasteiger charge is -2.16. The molecule has 0 saturated heterocycles. The molecule has 1 aromatic carbocycles. The fourth-order valence-corrected chi connectivity index (χ4v) is 1.91. The van der Waals surface area contributed by atoms with Crippen LogP contribution in [0.5, 0.6) is 0 Å². The first-order chi connectivity index (χ1) is 7.70. The zero-order chi connectivity index (χ0) is 11.5. The van der Waals surface area contributed by atoms with Gasteiger partial charge in [0.2, 0.25) is 0 Å². The highest BCUT2D eigenvalue weighted by molar-refractivity contribution is 5.94. The van der Waals surface area contributed by atoms with E-state index in [9.17, 15) is 4.79 Å². The fraction of sp³-hybridized carbons (Fsp3) is 0.462. The Balaban J connectivity index is 2.01. The third kappa shape index (κ3) is 2.61. The van der Waals surface area contributed by atoms with Gasteiger partial charge in [-0.25, -0.2) is 0 Å². The van der Waals surface area contributed by atoms with Gasteiger partial charge in [0.05, 0.1) is 0 Å². The van der Waals surface area contributed by atoms with Gasteiger partial charge in [0.15, 0.2) is 0 Å². The molecule has 16 heavy (non-hydrogen) atoms. The van der Waals surface area contributed by atoms with Crippen LogP contribution in [0, 0.1) is 12.8 Å². The van der Waals surface area contributed by atoms with Crippen LogP contribution in [0.25, 0.3) is 0 Å². The molecule has 1 saturated carbocycles. The van der Waals surface area contributed by atoms with Crippen molar-refractivity contribution in [3.05, 3.63) is 35.4 Å². The molecule has 3 nitrogen and oxygen atoms in total. The van der Waals surface area contributed by atoms with E-state index in [2.05, 4.69) is 5.32 Å². The molecular formula is C13H18N2O. The Hall–Kier alpha value is -1.35. The van der Waals surface area contributed by atoms with E-state index in [0.29, 0.717) is 12.5 Å². The van der Waals surface area contributed by atoms with E-state index < -0.39 is 0 Å². The lowest BCUT2D eigenvalue weighted by Crippen LogP contribution is -2.41. The lowest BCUT2D eigenvalue weighted by atomic mass is 10.1. The van der Waals surface area contributed by atoms with Crippen molar-refractivity contribution in [2.75, 3.05) is 6.54 Å². The third-order valence-corrected chi connectivity index (χ3v) is 3.04. The predicted octanol–water partition coefficient (Wildman–Crippen LogP) is 1.46. The second-order valence-electron chi connectivity index (χ2n) is 4.52. The van der Waals surface area contributed by atoms with Crippen LogP contribution in [0.1, 0.15) is 28.8 Å². The number of nitrogens with two attached hydrogens (primary N) is 1. The number of amides is 1. The Morgan fingerprint density at radius 1 is 1.56 bits per heavy atom. The van der Waals surface area contributed by atoms with Crippen molar-refractivity contribution in [1.82, 2.24) is 5.32 Å². The van der Waals surface area contributed by atoms with Gasteiger partial charge in [0.25, 0.3) is 5.91 Å². The number of benzene rings is 1. The summed E-state index contributed by atoms with van der Waals surface area (Å²) in [6.45, 7) is 2.51. The fourth-order valence-electron chi connectivity index (χ4n) is 1.91. The minimum atomic E-state index is -0.00829. The van der Waals surface area contributed by atoms with Gasteiger partial charge in [0.1, 0.15) is 0 Å². The Morgan fingerprint density at radius 2 is 2.31 bits per heavy atom. The van der Waals surface area contributed by atoms with Gasteiger partial charge in [-0.2, -0.15) is 0 Å². The zero-order valence-corrected chi connectivity index (χ0v) is 9.57. The molecule has 1 fully saturated rings. The molecule has 0 spiro atoms. The minimum Gasteiger partial charge on any atom is -0.348 e.